The number of rotatable bonds is 2. The molecular weight excluding hydrogens is 196 g/mol. The minimum absolute atomic E-state index is 0.436. The monoisotopic (exact) mass is 208 g/mol. The molecule has 4 heteroatoms. The van der Waals surface area contributed by atoms with Crippen molar-refractivity contribution >= 4 is 11.3 Å². The lowest BCUT2D eigenvalue weighted by Gasteiger charge is -2.33. The van der Waals surface area contributed by atoms with Crippen LogP contribution in [0.3, 0.4) is 0 Å². The number of thiazole rings is 1. The molecule has 1 saturated heterocycles. The van der Waals surface area contributed by atoms with Crippen molar-refractivity contribution in [2.24, 2.45) is 0 Å². The Morgan fingerprint density at radius 1 is 1.64 bits per heavy atom. The summed E-state index contributed by atoms with van der Waals surface area (Å²) in [6, 6.07) is 2.30. The molecular formula is C10H12N2OS. The van der Waals surface area contributed by atoms with Gasteiger partial charge in [0.25, 0.3) is 0 Å². The van der Waals surface area contributed by atoms with Crippen LogP contribution >= 0.6 is 11.3 Å². The Labute approximate surface area is 87.3 Å². The molecule has 0 amide bonds. The highest BCUT2D eigenvalue weighted by Gasteiger charge is 2.43. The van der Waals surface area contributed by atoms with Crippen LogP contribution in [0.2, 0.25) is 0 Å². The summed E-state index contributed by atoms with van der Waals surface area (Å²) in [7, 11) is 0. The molecule has 0 atom stereocenters. The fraction of sp³-hybridized carbons (Fsp3) is 0.600. The molecule has 0 aliphatic carbocycles. The maximum Gasteiger partial charge on any atom is 0.146 e. The van der Waals surface area contributed by atoms with Crippen molar-refractivity contribution in [3.8, 4) is 6.07 Å². The van der Waals surface area contributed by atoms with E-state index >= 15 is 0 Å². The summed E-state index contributed by atoms with van der Waals surface area (Å²) in [5, 5.41) is 12.2. The highest BCUT2D eigenvalue weighted by Crippen LogP contribution is 2.33. The highest BCUT2D eigenvalue weighted by molar-refractivity contribution is 7.09. The van der Waals surface area contributed by atoms with E-state index in [9.17, 15) is 0 Å². The van der Waals surface area contributed by atoms with Crippen molar-refractivity contribution in [1.82, 2.24) is 4.98 Å². The smallest absolute Gasteiger partial charge is 0.146 e. The van der Waals surface area contributed by atoms with Gasteiger partial charge in [0.2, 0.25) is 0 Å². The predicted molar refractivity (Wildman–Crippen MR) is 54.3 cm³/mol. The van der Waals surface area contributed by atoms with Gasteiger partial charge in [-0.2, -0.15) is 5.26 Å². The van der Waals surface area contributed by atoms with E-state index in [2.05, 4.69) is 24.9 Å². The topological polar surface area (TPSA) is 45.9 Å². The van der Waals surface area contributed by atoms with Crippen LogP contribution in [-0.2, 0) is 10.2 Å². The summed E-state index contributed by atoms with van der Waals surface area (Å²) >= 11 is 1.63. The zero-order valence-electron chi connectivity index (χ0n) is 8.28. The summed E-state index contributed by atoms with van der Waals surface area (Å²) < 4.78 is 5.10. The molecule has 0 aromatic carbocycles. The molecule has 2 rings (SSSR count). The number of aromatic nitrogens is 1. The van der Waals surface area contributed by atoms with Crippen LogP contribution in [0.1, 0.15) is 30.5 Å². The molecule has 1 fully saturated rings. The number of ether oxygens (including phenoxy) is 1. The van der Waals surface area contributed by atoms with Crippen LogP contribution < -0.4 is 0 Å². The van der Waals surface area contributed by atoms with Gasteiger partial charge >= 0.3 is 0 Å². The van der Waals surface area contributed by atoms with Crippen molar-refractivity contribution in [2.75, 3.05) is 13.2 Å². The van der Waals surface area contributed by atoms with E-state index in [1.54, 1.807) is 11.3 Å². The zero-order valence-corrected chi connectivity index (χ0v) is 9.10. The van der Waals surface area contributed by atoms with Crippen LogP contribution in [0, 0.1) is 11.3 Å². The molecule has 2 heterocycles. The maximum atomic E-state index is 9.07. The van der Waals surface area contributed by atoms with Crippen molar-refractivity contribution in [3.63, 3.8) is 0 Å². The second kappa shape index (κ2) is 3.34. The van der Waals surface area contributed by atoms with E-state index in [4.69, 9.17) is 10.00 Å². The lowest BCUT2D eigenvalue weighted by Crippen LogP contribution is -2.45. The quantitative estimate of drug-likeness (QED) is 0.747. The van der Waals surface area contributed by atoms with Gasteiger partial charge < -0.3 is 4.74 Å². The molecule has 0 unspecified atom stereocenters. The Hall–Kier alpha value is -0.920. The number of hydrogen-bond acceptors (Lipinski definition) is 4. The van der Waals surface area contributed by atoms with Crippen LogP contribution in [0.5, 0.6) is 0 Å². The molecule has 14 heavy (non-hydrogen) atoms. The van der Waals surface area contributed by atoms with Crippen molar-refractivity contribution < 1.29 is 4.74 Å². The first-order valence-corrected chi connectivity index (χ1v) is 5.51. The SMILES string of the molecule is CC(C)c1nc(C2(C#N)COC2)cs1. The lowest BCUT2D eigenvalue weighted by atomic mass is 9.85. The Bertz CT molecular complexity index is 374. The Morgan fingerprint density at radius 3 is 2.71 bits per heavy atom. The van der Waals surface area contributed by atoms with Crippen molar-refractivity contribution in [1.29, 1.82) is 5.26 Å². The minimum atomic E-state index is -0.455. The molecule has 1 aliphatic rings. The minimum Gasteiger partial charge on any atom is -0.377 e. The molecule has 3 nitrogen and oxygen atoms in total. The first-order valence-electron chi connectivity index (χ1n) is 4.63. The second-order valence-electron chi connectivity index (χ2n) is 3.91. The molecule has 0 N–H and O–H groups in total. The summed E-state index contributed by atoms with van der Waals surface area (Å²) in [4.78, 5) is 4.49. The standard InChI is InChI=1S/C10H12N2OS/c1-7(2)9-12-8(3-14-9)10(4-11)5-13-6-10/h3,7H,5-6H2,1-2H3. The molecule has 1 aromatic rings. The van der Waals surface area contributed by atoms with Crippen LogP contribution in [0.4, 0.5) is 0 Å². The van der Waals surface area contributed by atoms with Gasteiger partial charge in [-0.05, 0) is 0 Å². The predicted octanol–water partition coefficient (Wildman–Crippen LogP) is 2.06. The third-order valence-corrected chi connectivity index (χ3v) is 3.56. The third kappa shape index (κ3) is 1.33. The first kappa shape index (κ1) is 9.63. The number of hydrogen-bond donors (Lipinski definition) is 0. The number of nitriles is 1. The van der Waals surface area contributed by atoms with Gasteiger partial charge in [0.15, 0.2) is 0 Å². The average molecular weight is 208 g/mol. The molecule has 1 aliphatic heterocycles. The molecule has 0 spiro atoms. The highest BCUT2D eigenvalue weighted by atomic mass is 32.1. The lowest BCUT2D eigenvalue weighted by molar-refractivity contribution is -0.0315. The maximum absolute atomic E-state index is 9.07. The van der Waals surface area contributed by atoms with Gasteiger partial charge in [-0.25, -0.2) is 4.98 Å². The van der Waals surface area contributed by atoms with Gasteiger partial charge in [0, 0.05) is 11.3 Å². The summed E-state index contributed by atoms with van der Waals surface area (Å²) in [5.41, 5.74) is 0.434. The van der Waals surface area contributed by atoms with Gasteiger partial charge in [0.05, 0.1) is 30.0 Å². The number of nitrogens with zero attached hydrogens (tertiary/aromatic N) is 2. The summed E-state index contributed by atoms with van der Waals surface area (Å²) in [6.07, 6.45) is 0. The Morgan fingerprint density at radius 2 is 2.36 bits per heavy atom. The van der Waals surface area contributed by atoms with E-state index in [1.165, 1.54) is 0 Å². The van der Waals surface area contributed by atoms with Gasteiger partial charge in [0.1, 0.15) is 5.41 Å². The van der Waals surface area contributed by atoms with E-state index in [0.29, 0.717) is 19.1 Å². The van der Waals surface area contributed by atoms with Crippen LogP contribution in [0.15, 0.2) is 5.38 Å². The first-order chi connectivity index (χ1) is 6.68. The molecule has 1 aromatic heterocycles. The van der Waals surface area contributed by atoms with Gasteiger partial charge in [-0.3, -0.25) is 0 Å². The normalized spacial score (nSPS) is 19.0. The molecule has 74 valence electrons. The summed E-state index contributed by atoms with van der Waals surface area (Å²) in [5.74, 6) is 0.436. The Balaban J connectivity index is 2.29. The fourth-order valence-electron chi connectivity index (χ4n) is 1.35. The largest absolute Gasteiger partial charge is 0.377 e. The molecule has 0 bridgehead atoms. The Kier molecular flexibility index (Phi) is 2.30. The second-order valence-corrected chi connectivity index (χ2v) is 4.80. The zero-order chi connectivity index (χ0) is 10.2. The third-order valence-electron chi connectivity index (χ3n) is 2.42. The van der Waals surface area contributed by atoms with Gasteiger partial charge in [-0.1, -0.05) is 13.8 Å². The average Bonchev–Trinajstić information content (AvgIpc) is 2.52. The fourth-order valence-corrected chi connectivity index (χ4v) is 2.28. The van der Waals surface area contributed by atoms with Crippen molar-refractivity contribution in [2.45, 2.75) is 25.2 Å². The van der Waals surface area contributed by atoms with Crippen LogP contribution in [0.25, 0.3) is 0 Å². The van der Waals surface area contributed by atoms with E-state index in [0.717, 1.165) is 10.7 Å². The van der Waals surface area contributed by atoms with Gasteiger partial charge in [-0.15, -0.1) is 11.3 Å². The summed E-state index contributed by atoms with van der Waals surface area (Å²) in [6.45, 7) is 5.20. The van der Waals surface area contributed by atoms with Crippen LogP contribution in [-0.4, -0.2) is 18.2 Å². The van der Waals surface area contributed by atoms with E-state index in [1.807, 2.05) is 5.38 Å². The van der Waals surface area contributed by atoms with E-state index in [-0.39, 0.29) is 0 Å². The van der Waals surface area contributed by atoms with Crippen molar-refractivity contribution in [3.05, 3.63) is 16.1 Å². The molecule has 0 saturated carbocycles. The molecule has 0 radical (unpaired) electrons. The van der Waals surface area contributed by atoms with E-state index < -0.39 is 5.41 Å².